The standard InChI is InChI=1S/C17H29FN4O.HI/c1-4-19-17(20-10-5-13-23-3)21-11-12-22(2)14-15-6-8-16(18)9-7-15;/h6-9H,4-5,10-14H2,1-3H3,(H2,19,20,21);1H. The SMILES string of the molecule is CCNC(=NCCCOC)NCCN(C)Cc1ccc(F)cc1.I. The fourth-order valence-corrected chi connectivity index (χ4v) is 2.09. The van der Waals surface area contributed by atoms with E-state index in [1.165, 1.54) is 12.1 Å². The van der Waals surface area contributed by atoms with Crippen molar-refractivity contribution in [2.75, 3.05) is 46.9 Å². The van der Waals surface area contributed by atoms with Gasteiger partial charge in [0.1, 0.15) is 5.82 Å². The summed E-state index contributed by atoms with van der Waals surface area (Å²) in [5, 5.41) is 6.55. The van der Waals surface area contributed by atoms with Crippen molar-refractivity contribution in [3.63, 3.8) is 0 Å². The number of methoxy groups -OCH3 is 1. The summed E-state index contributed by atoms with van der Waals surface area (Å²) in [6.45, 7) is 6.82. The lowest BCUT2D eigenvalue weighted by atomic mass is 10.2. The fraction of sp³-hybridized carbons (Fsp3) is 0.588. The Labute approximate surface area is 162 Å². The van der Waals surface area contributed by atoms with Crippen LogP contribution < -0.4 is 10.6 Å². The van der Waals surface area contributed by atoms with Gasteiger partial charge >= 0.3 is 0 Å². The number of nitrogens with one attached hydrogen (secondary N) is 2. The van der Waals surface area contributed by atoms with E-state index in [4.69, 9.17) is 4.74 Å². The third kappa shape index (κ3) is 10.8. The number of hydrogen-bond acceptors (Lipinski definition) is 3. The average Bonchev–Trinajstić information content (AvgIpc) is 2.53. The van der Waals surface area contributed by atoms with Crippen LogP contribution in [0.2, 0.25) is 0 Å². The molecule has 0 heterocycles. The molecule has 0 amide bonds. The van der Waals surface area contributed by atoms with Gasteiger partial charge in [0, 0.05) is 46.4 Å². The van der Waals surface area contributed by atoms with Crippen molar-refractivity contribution in [1.29, 1.82) is 0 Å². The smallest absolute Gasteiger partial charge is 0.191 e. The van der Waals surface area contributed by atoms with Gasteiger partial charge in [0.15, 0.2) is 5.96 Å². The number of nitrogens with zero attached hydrogens (tertiary/aromatic N) is 2. The van der Waals surface area contributed by atoms with Gasteiger partial charge in [-0.2, -0.15) is 0 Å². The predicted molar refractivity (Wildman–Crippen MR) is 109 cm³/mol. The van der Waals surface area contributed by atoms with E-state index >= 15 is 0 Å². The molecule has 0 aliphatic carbocycles. The summed E-state index contributed by atoms with van der Waals surface area (Å²) in [6.07, 6.45) is 0.914. The molecule has 1 aromatic rings. The minimum absolute atomic E-state index is 0. The lowest BCUT2D eigenvalue weighted by molar-refractivity contribution is 0.197. The molecule has 0 fully saturated rings. The number of halogens is 2. The Morgan fingerprint density at radius 3 is 2.58 bits per heavy atom. The zero-order valence-electron chi connectivity index (χ0n) is 14.8. The molecule has 0 bridgehead atoms. The van der Waals surface area contributed by atoms with Crippen LogP contribution in [0.15, 0.2) is 29.3 Å². The monoisotopic (exact) mass is 452 g/mol. The maximum Gasteiger partial charge on any atom is 0.191 e. The van der Waals surface area contributed by atoms with Crippen LogP contribution in [0.3, 0.4) is 0 Å². The van der Waals surface area contributed by atoms with Crippen molar-refractivity contribution < 1.29 is 9.13 Å². The Hall–Kier alpha value is -0.930. The van der Waals surface area contributed by atoms with Crippen LogP contribution in [-0.4, -0.2) is 57.8 Å². The molecule has 2 N–H and O–H groups in total. The Balaban J connectivity index is 0.00000529. The molecule has 0 saturated heterocycles. The van der Waals surface area contributed by atoms with E-state index in [1.54, 1.807) is 7.11 Å². The lowest BCUT2D eigenvalue weighted by Crippen LogP contribution is -2.41. The zero-order chi connectivity index (χ0) is 16.9. The molecule has 0 spiro atoms. The summed E-state index contributed by atoms with van der Waals surface area (Å²) in [6, 6.07) is 6.63. The van der Waals surface area contributed by atoms with Gasteiger partial charge in [-0.05, 0) is 38.1 Å². The Morgan fingerprint density at radius 1 is 1.25 bits per heavy atom. The van der Waals surface area contributed by atoms with Gasteiger partial charge in [0.25, 0.3) is 0 Å². The predicted octanol–water partition coefficient (Wildman–Crippen LogP) is 2.47. The quantitative estimate of drug-likeness (QED) is 0.248. The maximum atomic E-state index is 12.9. The topological polar surface area (TPSA) is 48.9 Å². The minimum Gasteiger partial charge on any atom is -0.385 e. The second kappa shape index (κ2) is 14.4. The van der Waals surface area contributed by atoms with Crippen molar-refractivity contribution in [2.24, 2.45) is 4.99 Å². The second-order valence-corrected chi connectivity index (χ2v) is 5.40. The van der Waals surface area contributed by atoms with Crippen molar-refractivity contribution >= 4 is 29.9 Å². The van der Waals surface area contributed by atoms with Gasteiger partial charge < -0.3 is 20.3 Å². The molecule has 1 rings (SSSR count). The first-order valence-corrected chi connectivity index (χ1v) is 8.09. The molecule has 0 aliphatic rings. The number of guanidine groups is 1. The molecule has 0 radical (unpaired) electrons. The van der Waals surface area contributed by atoms with Crippen molar-refractivity contribution in [3.8, 4) is 0 Å². The second-order valence-electron chi connectivity index (χ2n) is 5.40. The summed E-state index contributed by atoms with van der Waals surface area (Å²) < 4.78 is 17.9. The van der Waals surface area contributed by atoms with Crippen LogP contribution in [0.1, 0.15) is 18.9 Å². The van der Waals surface area contributed by atoms with E-state index in [9.17, 15) is 4.39 Å². The van der Waals surface area contributed by atoms with Crippen LogP contribution >= 0.6 is 24.0 Å². The van der Waals surface area contributed by atoms with E-state index in [-0.39, 0.29) is 29.8 Å². The van der Waals surface area contributed by atoms with Crippen LogP contribution in [0, 0.1) is 5.82 Å². The van der Waals surface area contributed by atoms with Crippen molar-refractivity contribution in [2.45, 2.75) is 19.9 Å². The highest BCUT2D eigenvalue weighted by Crippen LogP contribution is 2.04. The zero-order valence-corrected chi connectivity index (χ0v) is 17.2. The summed E-state index contributed by atoms with van der Waals surface area (Å²) in [5.41, 5.74) is 1.11. The minimum atomic E-state index is -0.196. The number of benzene rings is 1. The normalized spacial score (nSPS) is 11.3. The third-order valence-electron chi connectivity index (χ3n) is 3.27. The highest BCUT2D eigenvalue weighted by Gasteiger charge is 2.02. The van der Waals surface area contributed by atoms with E-state index in [2.05, 4.69) is 20.5 Å². The Morgan fingerprint density at radius 2 is 1.96 bits per heavy atom. The number of likely N-dealkylation sites (N-methyl/N-ethyl adjacent to an activating group) is 1. The van der Waals surface area contributed by atoms with E-state index < -0.39 is 0 Å². The molecule has 5 nitrogen and oxygen atoms in total. The Kier molecular flexibility index (Phi) is 13.9. The van der Waals surface area contributed by atoms with Gasteiger partial charge in [-0.3, -0.25) is 4.99 Å². The first-order chi connectivity index (χ1) is 11.2. The molecule has 0 saturated carbocycles. The van der Waals surface area contributed by atoms with Crippen molar-refractivity contribution in [1.82, 2.24) is 15.5 Å². The molecule has 7 heteroatoms. The van der Waals surface area contributed by atoms with Crippen LogP contribution in [0.4, 0.5) is 4.39 Å². The van der Waals surface area contributed by atoms with Gasteiger partial charge in [-0.25, -0.2) is 4.39 Å². The molecule has 0 atom stereocenters. The average molecular weight is 452 g/mol. The van der Waals surface area contributed by atoms with E-state index in [1.807, 2.05) is 26.1 Å². The van der Waals surface area contributed by atoms with Crippen LogP contribution in [0.5, 0.6) is 0 Å². The maximum absolute atomic E-state index is 12.9. The fourth-order valence-electron chi connectivity index (χ4n) is 2.09. The Bertz CT molecular complexity index is 456. The largest absolute Gasteiger partial charge is 0.385 e. The summed E-state index contributed by atoms with van der Waals surface area (Å²) in [5.74, 6) is 0.636. The van der Waals surface area contributed by atoms with Crippen LogP contribution in [0.25, 0.3) is 0 Å². The number of hydrogen-bond donors (Lipinski definition) is 2. The summed E-state index contributed by atoms with van der Waals surface area (Å²) in [7, 11) is 3.75. The molecule has 138 valence electrons. The summed E-state index contributed by atoms with van der Waals surface area (Å²) >= 11 is 0. The van der Waals surface area contributed by atoms with Crippen molar-refractivity contribution in [3.05, 3.63) is 35.6 Å². The first-order valence-electron chi connectivity index (χ1n) is 8.09. The lowest BCUT2D eigenvalue weighted by Gasteiger charge is -2.18. The molecule has 0 aliphatic heterocycles. The van der Waals surface area contributed by atoms with E-state index in [0.29, 0.717) is 0 Å². The molecule has 0 unspecified atom stereocenters. The highest BCUT2D eigenvalue weighted by molar-refractivity contribution is 14.0. The molecular weight excluding hydrogens is 422 g/mol. The molecule has 0 aromatic heterocycles. The van der Waals surface area contributed by atoms with Gasteiger partial charge in [0.05, 0.1) is 0 Å². The summed E-state index contributed by atoms with van der Waals surface area (Å²) in [4.78, 5) is 6.68. The highest BCUT2D eigenvalue weighted by atomic mass is 127. The number of aliphatic imine (C=N–C) groups is 1. The molecule has 24 heavy (non-hydrogen) atoms. The molecule has 1 aromatic carbocycles. The van der Waals surface area contributed by atoms with Gasteiger partial charge in [0.2, 0.25) is 0 Å². The number of ether oxygens (including phenoxy) is 1. The number of rotatable bonds is 10. The first kappa shape index (κ1) is 23.1. The van der Waals surface area contributed by atoms with E-state index in [0.717, 1.165) is 57.3 Å². The van der Waals surface area contributed by atoms with Gasteiger partial charge in [-0.15, -0.1) is 24.0 Å². The van der Waals surface area contributed by atoms with Gasteiger partial charge in [-0.1, -0.05) is 12.1 Å². The molecular formula is C17H30FIN4O. The van der Waals surface area contributed by atoms with Crippen LogP contribution in [-0.2, 0) is 11.3 Å². The third-order valence-corrected chi connectivity index (χ3v) is 3.27.